The molecule has 4 aliphatic rings. The number of amides is 1. The van der Waals surface area contributed by atoms with E-state index in [0.717, 1.165) is 38.2 Å². The summed E-state index contributed by atoms with van der Waals surface area (Å²) >= 11 is 0. The molecule has 6 N–H and O–H groups in total. The van der Waals surface area contributed by atoms with Crippen LogP contribution in [0, 0.1) is 17.8 Å². The fourth-order valence-corrected chi connectivity index (χ4v) is 8.30. The van der Waals surface area contributed by atoms with Gasteiger partial charge in [0.05, 0.1) is 17.2 Å². The van der Waals surface area contributed by atoms with Gasteiger partial charge in [-0.15, -0.1) is 0 Å². The fourth-order valence-electron chi connectivity index (χ4n) is 8.30. The fraction of sp³-hybridized carbons (Fsp3) is 0.606. The van der Waals surface area contributed by atoms with E-state index in [9.17, 15) is 48.0 Å². The van der Waals surface area contributed by atoms with Crippen molar-refractivity contribution in [3.05, 3.63) is 51.0 Å². The van der Waals surface area contributed by atoms with E-state index < -0.39 is 98.7 Å². The smallest absolute Gasteiger partial charge is 0.417 e. The quantitative estimate of drug-likeness (QED) is 0.263. The largest absolute Gasteiger partial charge is 0.510 e. The van der Waals surface area contributed by atoms with Crippen LogP contribution in [0.2, 0.25) is 0 Å². The number of aromatic hydroxyl groups is 1. The molecule has 0 aromatic heterocycles. The highest BCUT2D eigenvalue weighted by Gasteiger charge is 2.63. The molecular formula is C33H42F3N3O7. The molecule has 4 atom stereocenters. The van der Waals surface area contributed by atoms with Crippen molar-refractivity contribution < 1.29 is 48.0 Å². The van der Waals surface area contributed by atoms with E-state index in [4.69, 9.17) is 5.73 Å². The van der Waals surface area contributed by atoms with Crippen molar-refractivity contribution in [2.45, 2.75) is 82.7 Å². The number of primary amides is 1. The molecule has 252 valence electrons. The van der Waals surface area contributed by atoms with Crippen LogP contribution >= 0.6 is 0 Å². The summed E-state index contributed by atoms with van der Waals surface area (Å²) in [7, 11) is 2.96. The van der Waals surface area contributed by atoms with Crippen molar-refractivity contribution >= 4 is 17.5 Å². The first-order chi connectivity index (χ1) is 21.5. The molecule has 46 heavy (non-hydrogen) atoms. The Kier molecular flexibility index (Phi) is 9.08. The normalized spacial score (nSPS) is 27.3. The van der Waals surface area contributed by atoms with Crippen molar-refractivity contribution in [3.8, 4) is 5.75 Å². The number of phenolic OH excluding ortho intramolecular Hbond substituents is 1. The Morgan fingerprint density at radius 2 is 1.76 bits per heavy atom. The van der Waals surface area contributed by atoms with Gasteiger partial charge in [0.25, 0.3) is 5.91 Å². The molecule has 4 aliphatic carbocycles. The maximum atomic E-state index is 14.9. The zero-order valence-corrected chi connectivity index (χ0v) is 26.3. The molecule has 1 saturated carbocycles. The van der Waals surface area contributed by atoms with E-state index in [-0.39, 0.29) is 18.5 Å². The average molecular weight is 650 g/mol. The van der Waals surface area contributed by atoms with Crippen LogP contribution in [0.4, 0.5) is 13.2 Å². The first kappa shape index (κ1) is 33.9. The first-order valence-electron chi connectivity index (χ1n) is 15.9. The number of ketones is 2. The Morgan fingerprint density at radius 1 is 1.11 bits per heavy atom. The number of likely N-dealkylation sites (N-methyl/N-ethyl adjacent to an activating group) is 1. The monoisotopic (exact) mass is 649 g/mol. The van der Waals surface area contributed by atoms with Gasteiger partial charge in [-0.1, -0.05) is 39.0 Å². The summed E-state index contributed by atoms with van der Waals surface area (Å²) < 4.78 is 44.7. The highest BCUT2D eigenvalue weighted by Crippen LogP contribution is 2.54. The lowest BCUT2D eigenvalue weighted by molar-refractivity contribution is -0.148. The third-order valence-corrected chi connectivity index (χ3v) is 10.5. The number of phenols is 1. The number of Topliss-reactive ketones (excluding diaryl/α,β-unsaturated/α-hetero) is 2. The molecule has 1 amide bonds. The van der Waals surface area contributed by atoms with Crippen molar-refractivity contribution in [2.75, 3.05) is 27.2 Å². The van der Waals surface area contributed by atoms with Gasteiger partial charge in [0.15, 0.2) is 11.4 Å². The number of alkyl halides is 3. The molecule has 0 heterocycles. The number of nitrogens with two attached hydrogens (primary N) is 1. The van der Waals surface area contributed by atoms with E-state index in [0.29, 0.717) is 19.0 Å². The van der Waals surface area contributed by atoms with Gasteiger partial charge in [-0.3, -0.25) is 24.2 Å². The van der Waals surface area contributed by atoms with Crippen molar-refractivity contribution in [1.82, 2.24) is 9.80 Å². The Bertz CT molecular complexity index is 1510. The molecule has 10 nitrogen and oxygen atoms in total. The molecule has 0 unspecified atom stereocenters. The van der Waals surface area contributed by atoms with Crippen molar-refractivity contribution in [2.24, 2.45) is 23.5 Å². The number of aliphatic hydroxyl groups excluding tert-OH is 2. The van der Waals surface area contributed by atoms with E-state index in [1.165, 1.54) is 25.4 Å². The minimum atomic E-state index is -4.89. The number of hydrogen-bond acceptors (Lipinski definition) is 9. The van der Waals surface area contributed by atoms with Crippen LogP contribution in [0.1, 0.15) is 78.9 Å². The van der Waals surface area contributed by atoms with Gasteiger partial charge in [-0.05, 0) is 75.5 Å². The second kappa shape index (κ2) is 12.3. The molecule has 1 fully saturated rings. The molecule has 5 rings (SSSR count). The molecule has 1 aromatic rings. The second-order valence-electron chi connectivity index (χ2n) is 13.4. The number of halogens is 3. The number of benzene rings is 1. The molecule has 0 radical (unpaired) electrons. The summed E-state index contributed by atoms with van der Waals surface area (Å²) in [6.45, 7) is 2.83. The van der Waals surface area contributed by atoms with Gasteiger partial charge in [0, 0.05) is 18.0 Å². The van der Waals surface area contributed by atoms with Crippen molar-refractivity contribution in [3.63, 3.8) is 0 Å². The number of nitrogens with zero attached hydrogens (tertiary/aromatic N) is 2. The Labute approximate surface area is 265 Å². The molecule has 1 aromatic carbocycles. The standard InChI is InChI=1S/C33H42F3N3O7/c1-4-39(11-10-16-8-6-5-7-9-16)15-18-14-21(40)23-19(25(18)33(34,35)36)12-17-13-20-26(38(2)3)28(42)24(31(37)45)30(44)32(20,46)29(43)22(17)27(23)41/h14,16-17,20,26,40,42-43,46H,4-13,15H2,1-3H3,(H2,37,45)/t17-,20-,26-,32-/m0/s1. The zero-order valence-electron chi connectivity index (χ0n) is 26.3. The lowest BCUT2D eigenvalue weighted by Gasteiger charge is -2.50. The average Bonchev–Trinajstić information content (AvgIpc) is 2.96. The Balaban J connectivity index is 1.59. The third-order valence-electron chi connectivity index (χ3n) is 10.5. The SMILES string of the molecule is CCN(CCC1CCCCC1)Cc1cc(O)c2c(c1C(F)(F)F)C[C@H]1C[C@H]3[C@H](N(C)C)C(O)=C(C(N)=O)C(=O)[C@@]3(O)C(O)=C1C2=O. The number of rotatable bonds is 8. The van der Waals surface area contributed by atoms with E-state index in [1.54, 1.807) is 0 Å². The summed E-state index contributed by atoms with van der Waals surface area (Å²) in [5, 5.41) is 45.1. The highest BCUT2D eigenvalue weighted by atomic mass is 19.4. The van der Waals surface area contributed by atoms with E-state index in [2.05, 4.69) is 0 Å². The number of aliphatic hydroxyl groups is 3. The van der Waals surface area contributed by atoms with Crippen LogP contribution < -0.4 is 5.73 Å². The molecule has 13 heteroatoms. The summed E-state index contributed by atoms with van der Waals surface area (Å²) in [5.74, 6) is -8.40. The predicted molar refractivity (Wildman–Crippen MR) is 161 cm³/mol. The summed E-state index contributed by atoms with van der Waals surface area (Å²) in [6.07, 6.45) is 0.946. The highest BCUT2D eigenvalue weighted by molar-refractivity contribution is 6.24. The maximum Gasteiger partial charge on any atom is 0.417 e. The third kappa shape index (κ3) is 5.49. The van der Waals surface area contributed by atoms with E-state index >= 15 is 0 Å². The number of fused-ring (bicyclic) bond motifs is 3. The summed E-state index contributed by atoms with van der Waals surface area (Å²) in [5.41, 5.74) is -1.24. The van der Waals surface area contributed by atoms with Gasteiger partial charge < -0.3 is 26.2 Å². The van der Waals surface area contributed by atoms with E-state index in [1.807, 2.05) is 11.8 Å². The predicted octanol–water partition coefficient (Wildman–Crippen LogP) is 3.93. The topological polar surface area (TPSA) is 165 Å². The lowest BCUT2D eigenvalue weighted by atomic mass is 9.58. The van der Waals surface area contributed by atoms with Crippen LogP contribution in [-0.4, -0.2) is 86.5 Å². The number of carbonyl (C=O) groups is 3. The molecule has 0 saturated heterocycles. The summed E-state index contributed by atoms with van der Waals surface area (Å²) in [6, 6.07) is -0.296. The first-order valence-corrected chi connectivity index (χ1v) is 15.9. The Morgan fingerprint density at radius 3 is 2.33 bits per heavy atom. The number of hydrogen-bond donors (Lipinski definition) is 5. The summed E-state index contributed by atoms with van der Waals surface area (Å²) in [4.78, 5) is 42.8. The minimum Gasteiger partial charge on any atom is -0.510 e. The molecule has 0 spiro atoms. The lowest BCUT2D eigenvalue weighted by Crippen LogP contribution is -2.63. The minimum absolute atomic E-state index is 0.0974. The Hall–Kier alpha value is -3.42. The van der Waals surface area contributed by atoms with Gasteiger partial charge in [0.2, 0.25) is 5.78 Å². The van der Waals surface area contributed by atoms with Crippen molar-refractivity contribution in [1.29, 1.82) is 0 Å². The van der Waals surface area contributed by atoms with Gasteiger partial charge in [0.1, 0.15) is 22.8 Å². The maximum absolute atomic E-state index is 14.9. The van der Waals surface area contributed by atoms with Crippen LogP contribution in [0.5, 0.6) is 5.75 Å². The molecular weight excluding hydrogens is 607 g/mol. The number of carbonyl (C=O) groups excluding carboxylic acids is 3. The van der Waals surface area contributed by atoms with Crippen LogP contribution in [0.15, 0.2) is 28.7 Å². The van der Waals surface area contributed by atoms with Gasteiger partial charge >= 0.3 is 6.18 Å². The molecule has 0 bridgehead atoms. The molecule has 0 aliphatic heterocycles. The van der Waals surface area contributed by atoms with Crippen LogP contribution in [0.25, 0.3) is 0 Å². The zero-order chi connectivity index (χ0) is 33.9. The second-order valence-corrected chi connectivity index (χ2v) is 13.4. The van der Waals surface area contributed by atoms with Crippen LogP contribution in [0.3, 0.4) is 0 Å². The van der Waals surface area contributed by atoms with Gasteiger partial charge in [-0.2, -0.15) is 13.2 Å². The van der Waals surface area contributed by atoms with Crippen LogP contribution in [-0.2, 0) is 28.7 Å². The van der Waals surface area contributed by atoms with Gasteiger partial charge in [-0.25, -0.2) is 0 Å². The number of allylic oxidation sites excluding steroid dienone is 1.